The van der Waals surface area contributed by atoms with E-state index in [1.165, 1.54) is 4.90 Å². The molecule has 0 unspecified atom stereocenters. The molecule has 11 heteroatoms. The summed E-state index contributed by atoms with van der Waals surface area (Å²) in [5.74, 6) is -0.176. The highest BCUT2D eigenvalue weighted by Gasteiger charge is 2.57. The average molecular weight is 427 g/mol. The first-order valence-corrected chi connectivity index (χ1v) is 9.90. The highest BCUT2D eigenvalue weighted by atomic mass is 19.4. The third-order valence-corrected chi connectivity index (χ3v) is 6.35. The van der Waals surface area contributed by atoms with Gasteiger partial charge in [-0.15, -0.1) is 0 Å². The maximum atomic E-state index is 13.0. The number of rotatable bonds is 3. The lowest BCUT2D eigenvalue weighted by atomic mass is 9.93. The molecule has 3 amide bonds. The number of aromatic nitrogens is 1. The Morgan fingerprint density at radius 3 is 2.43 bits per heavy atom. The summed E-state index contributed by atoms with van der Waals surface area (Å²) < 4.78 is 38.9. The third-order valence-electron chi connectivity index (χ3n) is 6.35. The summed E-state index contributed by atoms with van der Waals surface area (Å²) in [6.07, 6.45) is -2.85. The highest BCUT2D eigenvalue weighted by Crippen LogP contribution is 2.39. The van der Waals surface area contributed by atoms with E-state index in [4.69, 9.17) is 5.73 Å². The molecule has 4 rings (SSSR count). The van der Waals surface area contributed by atoms with Crippen molar-refractivity contribution < 1.29 is 27.9 Å². The summed E-state index contributed by atoms with van der Waals surface area (Å²) >= 11 is 0. The lowest BCUT2D eigenvalue weighted by Crippen LogP contribution is -2.53. The first kappa shape index (κ1) is 20.7. The zero-order valence-electron chi connectivity index (χ0n) is 16.3. The summed E-state index contributed by atoms with van der Waals surface area (Å²) in [5.41, 5.74) is 3.51. The number of pyridine rings is 1. The number of carbonyl (C=O) groups excluding carboxylic acids is 2. The van der Waals surface area contributed by atoms with Crippen molar-refractivity contribution in [2.24, 2.45) is 11.7 Å². The molecule has 3 fully saturated rings. The number of amides is 3. The number of primary amides is 1. The number of hydrogen-bond acceptors (Lipinski definition) is 5. The number of aliphatic hydroxyl groups is 1. The summed E-state index contributed by atoms with van der Waals surface area (Å²) in [6, 6.07) is 3.35. The van der Waals surface area contributed by atoms with E-state index < -0.39 is 18.3 Å². The molecule has 3 saturated heterocycles. The van der Waals surface area contributed by atoms with E-state index >= 15 is 0 Å². The van der Waals surface area contributed by atoms with Crippen molar-refractivity contribution in [3.63, 3.8) is 0 Å². The van der Waals surface area contributed by atoms with Crippen LogP contribution in [0.25, 0.3) is 0 Å². The largest absolute Gasteiger partial charge is 0.418 e. The van der Waals surface area contributed by atoms with Crippen LogP contribution >= 0.6 is 0 Å². The number of likely N-dealkylation sites (tertiary alicyclic amines) is 2. The average Bonchev–Trinajstić information content (AvgIpc) is 3.28. The Bertz CT molecular complexity index is 828. The predicted octanol–water partition coefficient (Wildman–Crippen LogP) is 0.911. The minimum atomic E-state index is -4.67. The predicted molar refractivity (Wildman–Crippen MR) is 101 cm³/mol. The van der Waals surface area contributed by atoms with Gasteiger partial charge in [0, 0.05) is 51.3 Å². The van der Waals surface area contributed by atoms with Crippen LogP contribution < -0.4 is 10.6 Å². The Balaban J connectivity index is 1.30. The molecule has 0 spiro atoms. The summed E-state index contributed by atoms with van der Waals surface area (Å²) in [4.78, 5) is 32.8. The van der Waals surface area contributed by atoms with Gasteiger partial charge in [-0.2, -0.15) is 13.2 Å². The summed E-state index contributed by atoms with van der Waals surface area (Å²) in [6.45, 7) is 1.47. The first-order chi connectivity index (χ1) is 14.1. The van der Waals surface area contributed by atoms with Crippen LogP contribution in [0.1, 0.15) is 24.3 Å². The maximum Gasteiger partial charge on any atom is 0.418 e. The van der Waals surface area contributed by atoms with Gasteiger partial charge in [-0.1, -0.05) is 6.07 Å². The van der Waals surface area contributed by atoms with Crippen LogP contribution in [0.5, 0.6) is 0 Å². The maximum absolute atomic E-state index is 13.0. The monoisotopic (exact) mass is 427 g/mol. The van der Waals surface area contributed by atoms with Crippen LogP contribution in [0.4, 0.5) is 23.8 Å². The van der Waals surface area contributed by atoms with Gasteiger partial charge in [-0.05, 0) is 18.1 Å². The van der Waals surface area contributed by atoms with Crippen LogP contribution in [-0.2, 0) is 4.79 Å². The lowest BCUT2D eigenvalue weighted by molar-refractivity contribution is -0.250. The number of nitrogens with two attached hydrogens (primary N) is 1. The number of β-amino-alcohol motifs (C(OH)–C–C–N with tert-alkyl or cyclic N) is 1. The number of carbonyl (C=O) groups is 2. The van der Waals surface area contributed by atoms with Crippen LogP contribution in [0, 0.1) is 5.92 Å². The molecule has 1 aromatic rings. The summed E-state index contributed by atoms with van der Waals surface area (Å²) in [5, 5.41) is 9.81. The SMILES string of the molecule is NC(=O)[C@H]1CCN(C(=O)N2CC(c3ccc(N4CC[C@@](O)(C(F)(F)F)C4)nc3)C2)C1. The van der Waals surface area contributed by atoms with E-state index in [-0.39, 0.29) is 36.7 Å². The first-order valence-electron chi connectivity index (χ1n) is 9.90. The van der Waals surface area contributed by atoms with Gasteiger partial charge in [-0.3, -0.25) is 4.79 Å². The zero-order chi connectivity index (χ0) is 21.7. The topological polar surface area (TPSA) is 103 Å². The lowest BCUT2D eigenvalue weighted by Gasteiger charge is -2.41. The fraction of sp³-hybridized carbons (Fsp3) is 0.632. The van der Waals surface area contributed by atoms with Crippen molar-refractivity contribution in [3.05, 3.63) is 23.9 Å². The fourth-order valence-corrected chi connectivity index (χ4v) is 4.26. The standard InChI is InChI=1S/C19H24F3N5O3/c20-19(21,22)18(30)4-6-26(11-18)15-2-1-12(7-24-15)14-9-27(10-14)17(29)25-5-3-13(8-25)16(23)28/h1-2,7,13-14,30H,3-6,8-11H2,(H2,23,28)/t13-,18-/m0/s1. The summed E-state index contributed by atoms with van der Waals surface area (Å²) in [7, 11) is 0. The van der Waals surface area contributed by atoms with Gasteiger partial charge >= 0.3 is 12.2 Å². The molecule has 30 heavy (non-hydrogen) atoms. The van der Waals surface area contributed by atoms with Crippen LogP contribution in [0.2, 0.25) is 0 Å². The number of nitrogens with zero attached hydrogens (tertiary/aromatic N) is 4. The minimum absolute atomic E-state index is 0.0796. The van der Waals surface area contributed by atoms with Crippen molar-refractivity contribution in [3.8, 4) is 0 Å². The Labute approximate surface area is 171 Å². The minimum Gasteiger partial charge on any atom is -0.379 e. The molecule has 3 aliphatic heterocycles. The molecule has 3 aliphatic rings. The second-order valence-corrected chi connectivity index (χ2v) is 8.37. The van der Waals surface area contributed by atoms with E-state index in [0.29, 0.717) is 38.4 Å². The number of halogens is 3. The normalized spacial score (nSPS) is 27.5. The Kier molecular flexibility index (Phi) is 5.03. The van der Waals surface area contributed by atoms with Gasteiger partial charge in [0.25, 0.3) is 0 Å². The van der Waals surface area contributed by atoms with E-state index in [2.05, 4.69) is 4.98 Å². The Morgan fingerprint density at radius 1 is 1.17 bits per heavy atom. The van der Waals surface area contributed by atoms with Crippen molar-refractivity contribution in [2.45, 2.75) is 30.5 Å². The Morgan fingerprint density at radius 2 is 1.90 bits per heavy atom. The number of anilines is 1. The molecule has 3 N–H and O–H groups in total. The smallest absolute Gasteiger partial charge is 0.379 e. The molecule has 0 bridgehead atoms. The van der Waals surface area contributed by atoms with Crippen molar-refractivity contribution in [2.75, 3.05) is 44.2 Å². The zero-order valence-corrected chi connectivity index (χ0v) is 16.3. The van der Waals surface area contributed by atoms with Crippen molar-refractivity contribution >= 4 is 17.8 Å². The molecule has 8 nitrogen and oxygen atoms in total. The van der Waals surface area contributed by atoms with E-state index in [9.17, 15) is 27.9 Å². The second kappa shape index (κ2) is 7.29. The Hall–Kier alpha value is -2.56. The molecule has 4 heterocycles. The van der Waals surface area contributed by atoms with Crippen LogP contribution in [0.3, 0.4) is 0 Å². The van der Waals surface area contributed by atoms with E-state index in [1.54, 1.807) is 28.1 Å². The van der Waals surface area contributed by atoms with Gasteiger partial charge < -0.3 is 25.5 Å². The molecule has 2 atom stereocenters. The molecular weight excluding hydrogens is 403 g/mol. The highest BCUT2D eigenvalue weighted by molar-refractivity contribution is 5.80. The molecule has 1 aromatic heterocycles. The number of hydrogen-bond donors (Lipinski definition) is 2. The molecule has 0 saturated carbocycles. The van der Waals surface area contributed by atoms with Crippen LogP contribution in [0.15, 0.2) is 18.3 Å². The molecule has 0 aliphatic carbocycles. The van der Waals surface area contributed by atoms with Gasteiger partial charge in [-0.25, -0.2) is 9.78 Å². The third kappa shape index (κ3) is 3.66. The van der Waals surface area contributed by atoms with Gasteiger partial charge in [0.15, 0.2) is 5.60 Å². The molecule has 0 aromatic carbocycles. The quantitative estimate of drug-likeness (QED) is 0.747. The molecular formula is C19H24F3N5O3. The number of alkyl halides is 3. The van der Waals surface area contributed by atoms with E-state index in [0.717, 1.165) is 5.56 Å². The van der Waals surface area contributed by atoms with Crippen molar-refractivity contribution in [1.29, 1.82) is 0 Å². The van der Waals surface area contributed by atoms with Gasteiger partial charge in [0.1, 0.15) is 5.82 Å². The van der Waals surface area contributed by atoms with E-state index in [1.807, 2.05) is 0 Å². The number of urea groups is 1. The molecule has 0 radical (unpaired) electrons. The van der Waals surface area contributed by atoms with Crippen LogP contribution in [-0.4, -0.2) is 82.9 Å². The molecule has 164 valence electrons. The fourth-order valence-electron chi connectivity index (χ4n) is 4.26. The van der Waals surface area contributed by atoms with Gasteiger partial charge in [0.2, 0.25) is 5.91 Å². The van der Waals surface area contributed by atoms with Crippen molar-refractivity contribution in [1.82, 2.24) is 14.8 Å². The van der Waals surface area contributed by atoms with Gasteiger partial charge in [0.05, 0.1) is 12.5 Å². The second-order valence-electron chi connectivity index (χ2n) is 8.37.